The number of morpholine rings is 1. The van der Waals surface area contributed by atoms with Crippen LogP contribution in [0.5, 0.6) is 0 Å². The van der Waals surface area contributed by atoms with Gasteiger partial charge in [0.25, 0.3) is 0 Å². The van der Waals surface area contributed by atoms with Crippen LogP contribution in [0.4, 0.5) is 4.39 Å². The minimum Gasteiger partial charge on any atom is -0.368 e. The van der Waals surface area contributed by atoms with Gasteiger partial charge in [0.15, 0.2) is 0 Å². The van der Waals surface area contributed by atoms with E-state index in [4.69, 9.17) is 4.74 Å². The molecule has 1 aromatic rings. The molecule has 0 aromatic heterocycles. The molecule has 0 aliphatic carbocycles. The van der Waals surface area contributed by atoms with Crippen LogP contribution in [-0.4, -0.2) is 19.2 Å². The smallest absolute Gasteiger partial charge is 0.123 e. The van der Waals surface area contributed by atoms with Crippen molar-refractivity contribution >= 4 is 0 Å². The Morgan fingerprint density at radius 2 is 2.25 bits per heavy atom. The molecule has 1 saturated heterocycles. The zero-order valence-electron chi connectivity index (χ0n) is 9.79. The van der Waals surface area contributed by atoms with E-state index in [9.17, 15) is 4.39 Å². The van der Waals surface area contributed by atoms with Gasteiger partial charge in [0.2, 0.25) is 0 Å². The molecule has 1 N–H and O–H groups in total. The summed E-state index contributed by atoms with van der Waals surface area (Å²) in [5.41, 5.74) is 2.05. The summed E-state index contributed by atoms with van der Waals surface area (Å²) in [5.74, 6) is -0.183. The van der Waals surface area contributed by atoms with E-state index in [1.165, 1.54) is 6.07 Å². The first-order valence-corrected chi connectivity index (χ1v) is 5.83. The molecule has 1 fully saturated rings. The highest BCUT2D eigenvalue weighted by atomic mass is 19.1. The number of ether oxygens (including phenoxy) is 1. The summed E-state index contributed by atoms with van der Waals surface area (Å²) in [5, 5.41) is 3.36. The van der Waals surface area contributed by atoms with Crippen molar-refractivity contribution < 1.29 is 9.13 Å². The van der Waals surface area contributed by atoms with Gasteiger partial charge < -0.3 is 10.1 Å². The van der Waals surface area contributed by atoms with Crippen molar-refractivity contribution in [2.75, 3.05) is 13.1 Å². The molecule has 2 unspecified atom stereocenters. The van der Waals surface area contributed by atoms with Crippen LogP contribution in [0, 0.1) is 12.7 Å². The maximum atomic E-state index is 13.0. The van der Waals surface area contributed by atoms with Crippen molar-refractivity contribution in [2.45, 2.75) is 32.5 Å². The van der Waals surface area contributed by atoms with E-state index in [1.807, 2.05) is 13.0 Å². The predicted molar refractivity (Wildman–Crippen MR) is 61.9 cm³/mol. The Balaban J connectivity index is 2.16. The van der Waals surface area contributed by atoms with Crippen molar-refractivity contribution in [3.05, 3.63) is 35.1 Å². The highest BCUT2D eigenvalue weighted by molar-refractivity contribution is 5.29. The maximum absolute atomic E-state index is 13.0. The van der Waals surface area contributed by atoms with E-state index in [0.717, 1.165) is 30.6 Å². The van der Waals surface area contributed by atoms with Crippen molar-refractivity contribution in [1.29, 1.82) is 0 Å². The van der Waals surface area contributed by atoms with Crippen LogP contribution >= 0.6 is 0 Å². The third-order valence-electron chi connectivity index (χ3n) is 3.09. The number of halogens is 1. The van der Waals surface area contributed by atoms with E-state index >= 15 is 0 Å². The van der Waals surface area contributed by atoms with Gasteiger partial charge in [-0.2, -0.15) is 0 Å². The summed E-state index contributed by atoms with van der Waals surface area (Å²) < 4.78 is 19.0. The molecule has 0 spiro atoms. The maximum Gasteiger partial charge on any atom is 0.123 e. The second-order valence-corrected chi connectivity index (χ2v) is 4.31. The third-order valence-corrected chi connectivity index (χ3v) is 3.09. The van der Waals surface area contributed by atoms with E-state index < -0.39 is 0 Å². The lowest BCUT2D eigenvalue weighted by atomic mass is 10.0. The lowest BCUT2D eigenvalue weighted by Gasteiger charge is -2.31. The van der Waals surface area contributed by atoms with E-state index in [0.29, 0.717) is 0 Å². The minimum absolute atomic E-state index is 0.0549. The number of aryl methyl sites for hydroxylation is 1. The number of hydrogen-bond acceptors (Lipinski definition) is 2. The number of rotatable bonds is 2. The van der Waals surface area contributed by atoms with E-state index in [-0.39, 0.29) is 18.0 Å². The minimum atomic E-state index is -0.183. The first kappa shape index (κ1) is 11.6. The monoisotopic (exact) mass is 223 g/mol. The summed E-state index contributed by atoms with van der Waals surface area (Å²) in [7, 11) is 0. The summed E-state index contributed by atoms with van der Waals surface area (Å²) >= 11 is 0. The Labute approximate surface area is 95.8 Å². The van der Waals surface area contributed by atoms with Gasteiger partial charge >= 0.3 is 0 Å². The number of hydrogen-bond donors (Lipinski definition) is 1. The fourth-order valence-electron chi connectivity index (χ4n) is 2.13. The lowest BCUT2D eigenvalue weighted by molar-refractivity contribution is -0.0402. The van der Waals surface area contributed by atoms with E-state index in [2.05, 4.69) is 12.2 Å². The summed E-state index contributed by atoms with van der Waals surface area (Å²) in [6.07, 6.45) is 1.33. The predicted octanol–water partition coefficient (Wildman–Crippen LogP) is 2.57. The van der Waals surface area contributed by atoms with Crippen LogP contribution < -0.4 is 5.32 Å². The van der Waals surface area contributed by atoms with Gasteiger partial charge in [-0.3, -0.25) is 0 Å². The molecule has 3 heteroatoms. The molecule has 0 amide bonds. The average Bonchev–Trinajstić information content (AvgIpc) is 2.29. The van der Waals surface area contributed by atoms with Crippen LogP contribution in [0.25, 0.3) is 0 Å². The first-order valence-electron chi connectivity index (χ1n) is 5.83. The number of nitrogens with one attached hydrogen (secondary N) is 1. The van der Waals surface area contributed by atoms with Gasteiger partial charge in [-0.1, -0.05) is 13.0 Å². The molecule has 0 radical (unpaired) electrons. The molecule has 1 aliphatic heterocycles. The van der Waals surface area contributed by atoms with Gasteiger partial charge in [-0.25, -0.2) is 4.39 Å². The third kappa shape index (κ3) is 2.42. The summed E-state index contributed by atoms with van der Waals surface area (Å²) in [4.78, 5) is 0. The second-order valence-electron chi connectivity index (χ2n) is 4.31. The normalized spacial score (nSPS) is 25.7. The van der Waals surface area contributed by atoms with Crippen molar-refractivity contribution in [2.24, 2.45) is 0 Å². The fourth-order valence-corrected chi connectivity index (χ4v) is 2.13. The standard InChI is InChI=1S/C13H18FNO/c1-3-11-7-15-8-13(16-11)12-5-4-10(14)6-9(12)2/h4-6,11,13,15H,3,7-8H2,1-2H3. The largest absolute Gasteiger partial charge is 0.368 e. The Hall–Kier alpha value is -0.930. The Morgan fingerprint density at radius 1 is 1.44 bits per heavy atom. The van der Waals surface area contributed by atoms with Gasteiger partial charge in [-0.05, 0) is 36.6 Å². The average molecular weight is 223 g/mol. The fraction of sp³-hybridized carbons (Fsp3) is 0.538. The topological polar surface area (TPSA) is 21.3 Å². The van der Waals surface area contributed by atoms with Crippen LogP contribution in [0.2, 0.25) is 0 Å². The summed E-state index contributed by atoms with van der Waals surface area (Å²) in [6, 6.07) is 4.89. The van der Waals surface area contributed by atoms with E-state index in [1.54, 1.807) is 6.07 Å². The first-order chi connectivity index (χ1) is 7.70. The molecular formula is C13H18FNO. The van der Waals surface area contributed by atoms with Crippen LogP contribution in [0.1, 0.15) is 30.6 Å². The quantitative estimate of drug-likeness (QED) is 0.832. The Bertz CT molecular complexity index is 367. The molecule has 1 aliphatic rings. The van der Waals surface area contributed by atoms with Gasteiger partial charge in [0, 0.05) is 13.1 Å². The molecule has 1 aromatic carbocycles. The van der Waals surface area contributed by atoms with Gasteiger partial charge in [0.05, 0.1) is 12.2 Å². The van der Waals surface area contributed by atoms with Gasteiger partial charge in [-0.15, -0.1) is 0 Å². The zero-order chi connectivity index (χ0) is 11.5. The molecule has 2 atom stereocenters. The van der Waals surface area contributed by atoms with Crippen LogP contribution in [-0.2, 0) is 4.74 Å². The molecule has 0 bridgehead atoms. The summed E-state index contributed by atoms with van der Waals surface area (Å²) in [6.45, 7) is 5.76. The molecule has 16 heavy (non-hydrogen) atoms. The van der Waals surface area contributed by atoms with Crippen molar-refractivity contribution in [1.82, 2.24) is 5.32 Å². The second kappa shape index (κ2) is 4.93. The van der Waals surface area contributed by atoms with Crippen LogP contribution in [0.3, 0.4) is 0 Å². The number of benzene rings is 1. The SMILES string of the molecule is CCC1CNCC(c2ccc(F)cc2C)O1. The Kier molecular flexibility index (Phi) is 3.56. The lowest BCUT2D eigenvalue weighted by Crippen LogP contribution is -2.40. The highest BCUT2D eigenvalue weighted by Crippen LogP contribution is 2.25. The van der Waals surface area contributed by atoms with Gasteiger partial charge in [0.1, 0.15) is 5.82 Å². The molecule has 88 valence electrons. The van der Waals surface area contributed by atoms with Crippen LogP contribution in [0.15, 0.2) is 18.2 Å². The van der Waals surface area contributed by atoms with Crippen molar-refractivity contribution in [3.63, 3.8) is 0 Å². The molecule has 0 saturated carbocycles. The zero-order valence-corrected chi connectivity index (χ0v) is 9.79. The molecule has 1 heterocycles. The highest BCUT2D eigenvalue weighted by Gasteiger charge is 2.23. The molecule has 2 rings (SSSR count). The molecular weight excluding hydrogens is 205 g/mol. The molecule has 2 nitrogen and oxygen atoms in total. The Morgan fingerprint density at radius 3 is 2.94 bits per heavy atom. The van der Waals surface area contributed by atoms with Crippen molar-refractivity contribution in [3.8, 4) is 0 Å².